The lowest BCUT2D eigenvalue weighted by Crippen LogP contribution is -2.20. The Balaban J connectivity index is 2.63. The van der Waals surface area contributed by atoms with Crippen LogP contribution in [0.2, 0.25) is 0 Å². The molecule has 0 saturated carbocycles. The second kappa shape index (κ2) is 4.12. The van der Waals surface area contributed by atoms with Crippen molar-refractivity contribution in [3.05, 3.63) is 30.1 Å². The summed E-state index contributed by atoms with van der Waals surface area (Å²) in [4.78, 5) is 15.4. The number of para-hydroxylation sites is 1. The largest absolute Gasteiger partial charge is 0.478 e. The van der Waals surface area contributed by atoms with Crippen LogP contribution in [-0.4, -0.2) is 20.6 Å². The molecule has 2 rings (SSSR count). The summed E-state index contributed by atoms with van der Waals surface area (Å²) >= 11 is 0. The van der Waals surface area contributed by atoms with Crippen molar-refractivity contribution in [1.82, 2.24) is 9.55 Å². The van der Waals surface area contributed by atoms with Crippen LogP contribution in [0.1, 0.15) is 44.1 Å². The maximum absolute atomic E-state index is 11.1. The first-order valence-electron chi connectivity index (χ1n) is 6.01. The molecule has 96 valence electrons. The number of carboxylic acid groups (broad SMARTS) is 1. The first-order chi connectivity index (χ1) is 8.32. The average molecular weight is 246 g/mol. The number of aromatic nitrogens is 2. The minimum atomic E-state index is -0.936. The molecule has 1 aromatic carbocycles. The Hall–Kier alpha value is -1.84. The van der Waals surface area contributed by atoms with E-state index in [1.165, 1.54) is 0 Å². The van der Waals surface area contributed by atoms with Crippen LogP contribution < -0.4 is 0 Å². The first kappa shape index (κ1) is 12.6. The summed E-state index contributed by atoms with van der Waals surface area (Å²) in [6.07, 6.45) is 1.73. The molecule has 0 spiro atoms. The fourth-order valence-electron chi connectivity index (χ4n) is 1.96. The molecule has 0 amide bonds. The van der Waals surface area contributed by atoms with E-state index in [1.807, 2.05) is 10.6 Å². The van der Waals surface area contributed by atoms with Gasteiger partial charge in [-0.25, -0.2) is 9.78 Å². The quantitative estimate of drug-likeness (QED) is 0.884. The number of carbonyl (C=O) groups is 1. The van der Waals surface area contributed by atoms with Crippen molar-refractivity contribution in [2.24, 2.45) is 5.41 Å². The maximum Gasteiger partial charge on any atom is 0.337 e. The van der Waals surface area contributed by atoms with Gasteiger partial charge in [0.05, 0.1) is 17.4 Å². The van der Waals surface area contributed by atoms with Gasteiger partial charge in [0, 0.05) is 6.04 Å². The lowest BCUT2D eigenvalue weighted by Gasteiger charge is -2.28. The molecule has 0 aliphatic carbocycles. The Kier molecular flexibility index (Phi) is 2.89. The maximum atomic E-state index is 11.1. The third kappa shape index (κ3) is 1.98. The van der Waals surface area contributed by atoms with Crippen LogP contribution in [-0.2, 0) is 0 Å². The van der Waals surface area contributed by atoms with Crippen molar-refractivity contribution >= 4 is 17.0 Å². The lowest BCUT2D eigenvalue weighted by molar-refractivity contribution is 0.0699. The summed E-state index contributed by atoms with van der Waals surface area (Å²) < 4.78 is 2.04. The molecule has 1 atom stereocenters. The molecule has 1 N–H and O–H groups in total. The van der Waals surface area contributed by atoms with Gasteiger partial charge in [0.25, 0.3) is 0 Å². The first-order valence-corrected chi connectivity index (χ1v) is 6.01. The van der Waals surface area contributed by atoms with Gasteiger partial charge in [0.2, 0.25) is 0 Å². The van der Waals surface area contributed by atoms with E-state index in [1.54, 1.807) is 18.5 Å². The van der Waals surface area contributed by atoms with Crippen molar-refractivity contribution in [2.75, 3.05) is 0 Å². The Labute approximate surface area is 106 Å². The van der Waals surface area contributed by atoms with Gasteiger partial charge in [0.1, 0.15) is 5.52 Å². The number of hydrogen-bond acceptors (Lipinski definition) is 2. The van der Waals surface area contributed by atoms with E-state index in [0.29, 0.717) is 5.52 Å². The van der Waals surface area contributed by atoms with Gasteiger partial charge in [-0.05, 0) is 24.5 Å². The van der Waals surface area contributed by atoms with Gasteiger partial charge in [-0.3, -0.25) is 0 Å². The fraction of sp³-hybridized carbons (Fsp3) is 0.429. The second-order valence-corrected chi connectivity index (χ2v) is 5.67. The molecule has 1 aromatic heterocycles. The molecule has 0 aliphatic rings. The third-order valence-corrected chi connectivity index (χ3v) is 3.51. The second-order valence-electron chi connectivity index (χ2n) is 5.67. The Morgan fingerprint density at radius 3 is 2.61 bits per heavy atom. The Morgan fingerprint density at radius 1 is 1.39 bits per heavy atom. The van der Waals surface area contributed by atoms with Crippen molar-refractivity contribution in [3.8, 4) is 0 Å². The number of nitrogens with zero attached hydrogens (tertiary/aromatic N) is 2. The topological polar surface area (TPSA) is 55.1 Å². The number of imidazole rings is 1. The van der Waals surface area contributed by atoms with E-state index >= 15 is 0 Å². The molecular weight excluding hydrogens is 228 g/mol. The molecular formula is C14H18N2O2. The zero-order valence-corrected chi connectivity index (χ0v) is 11.1. The molecule has 4 heteroatoms. The molecule has 1 heterocycles. The van der Waals surface area contributed by atoms with E-state index in [-0.39, 0.29) is 17.0 Å². The molecule has 18 heavy (non-hydrogen) atoms. The number of rotatable bonds is 2. The fourth-order valence-corrected chi connectivity index (χ4v) is 1.96. The minimum absolute atomic E-state index is 0.0901. The van der Waals surface area contributed by atoms with E-state index in [0.717, 1.165) is 5.52 Å². The third-order valence-electron chi connectivity index (χ3n) is 3.51. The monoisotopic (exact) mass is 246 g/mol. The molecule has 4 nitrogen and oxygen atoms in total. The van der Waals surface area contributed by atoms with Gasteiger partial charge >= 0.3 is 5.97 Å². The summed E-state index contributed by atoms with van der Waals surface area (Å²) in [7, 11) is 0. The smallest absolute Gasteiger partial charge is 0.337 e. The van der Waals surface area contributed by atoms with Crippen molar-refractivity contribution in [3.63, 3.8) is 0 Å². The van der Waals surface area contributed by atoms with Crippen molar-refractivity contribution < 1.29 is 9.90 Å². The lowest BCUT2D eigenvalue weighted by atomic mass is 9.88. The number of benzene rings is 1. The van der Waals surface area contributed by atoms with E-state index < -0.39 is 5.97 Å². The molecule has 2 aromatic rings. The zero-order chi connectivity index (χ0) is 13.5. The summed E-state index contributed by atoms with van der Waals surface area (Å²) in [6, 6.07) is 5.51. The predicted molar refractivity (Wildman–Crippen MR) is 70.9 cm³/mol. The average Bonchev–Trinajstić information content (AvgIpc) is 2.69. The van der Waals surface area contributed by atoms with Crippen LogP contribution in [0, 0.1) is 5.41 Å². The van der Waals surface area contributed by atoms with Crippen LogP contribution in [0.4, 0.5) is 0 Å². The summed E-state index contributed by atoms with van der Waals surface area (Å²) in [6.45, 7) is 8.59. The summed E-state index contributed by atoms with van der Waals surface area (Å²) in [5.74, 6) is -0.936. The van der Waals surface area contributed by atoms with Gasteiger partial charge in [-0.1, -0.05) is 26.8 Å². The Morgan fingerprint density at radius 2 is 2.06 bits per heavy atom. The molecule has 0 radical (unpaired) electrons. The highest BCUT2D eigenvalue weighted by atomic mass is 16.4. The highest BCUT2D eigenvalue weighted by Gasteiger charge is 2.24. The van der Waals surface area contributed by atoms with Crippen LogP contribution in [0.3, 0.4) is 0 Å². The zero-order valence-electron chi connectivity index (χ0n) is 11.1. The van der Waals surface area contributed by atoms with E-state index in [9.17, 15) is 4.79 Å². The molecule has 0 bridgehead atoms. The summed E-state index contributed by atoms with van der Waals surface area (Å²) in [5, 5.41) is 9.14. The molecule has 0 fully saturated rings. The van der Waals surface area contributed by atoms with Gasteiger partial charge in [-0.2, -0.15) is 0 Å². The SMILES string of the molecule is CC(n1cnc2c(C(=O)O)cccc21)C(C)(C)C. The predicted octanol–water partition coefficient (Wildman–Crippen LogP) is 3.34. The van der Waals surface area contributed by atoms with Crippen LogP contribution in [0.25, 0.3) is 11.0 Å². The standard InChI is InChI=1S/C14H18N2O2/c1-9(14(2,3)4)16-8-15-12-10(13(17)18)6-5-7-11(12)16/h5-9H,1-4H3,(H,17,18). The van der Waals surface area contributed by atoms with Gasteiger partial charge in [0.15, 0.2) is 0 Å². The van der Waals surface area contributed by atoms with Crippen LogP contribution >= 0.6 is 0 Å². The molecule has 1 unspecified atom stereocenters. The van der Waals surface area contributed by atoms with Crippen LogP contribution in [0.15, 0.2) is 24.5 Å². The highest BCUT2D eigenvalue weighted by Crippen LogP contribution is 2.32. The molecule has 0 saturated heterocycles. The van der Waals surface area contributed by atoms with Gasteiger partial charge < -0.3 is 9.67 Å². The highest BCUT2D eigenvalue weighted by molar-refractivity contribution is 6.00. The number of hydrogen-bond donors (Lipinski definition) is 1. The van der Waals surface area contributed by atoms with Crippen molar-refractivity contribution in [2.45, 2.75) is 33.7 Å². The number of carboxylic acids is 1. The van der Waals surface area contributed by atoms with Crippen LogP contribution in [0.5, 0.6) is 0 Å². The van der Waals surface area contributed by atoms with Crippen molar-refractivity contribution in [1.29, 1.82) is 0 Å². The van der Waals surface area contributed by atoms with E-state index in [4.69, 9.17) is 5.11 Å². The normalized spacial score (nSPS) is 13.8. The summed E-state index contributed by atoms with van der Waals surface area (Å²) in [5.41, 5.74) is 1.78. The minimum Gasteiger partial charge on any atom is -0.478 e. The van der Waals surface area contributed by atoms with E-state index in [2.05, 4.69) is 32.7 Å². The molecule has 0 aliphatic heterocycles. The Bertz CT molecular complexity index is 593. The van der Waals surface area contributed by atoms with Gasteiger partial charge in [-0.15, -0.1) is 0 Å². The number of aromatic carboxylic acids is 1. The number of fused-ring (bicyclic) bond motifs is 1.